The molecule has 7 heteroatoms. The molecule has 1 aliphatic rings. The van der Waals surface area contributed by atoms with Crippen LogP contribution >= 0.6 is 23.2 Å². The Labute approximate surface area is 160 Å². The number of halogens is 2. The topological polar surface area (TPSA) is 54.5 Å². The van der Waals surface area contributed by atoms with E-state index < -0.39 is 9.84 Å². The molecule has 0 saturated carbocycles. The van der Waals surface area contributed by atoms with Gasteiger partial charge in [-0.3, -0.25) is 4.79 Å². The molecule has 1 aromatic carbocycles. The third-order valence-electron chi connectivity index (χ3n) is 4.65. The van der Waals surface area contributed by atoms with Gasteiger partial charge in [0.05, 0.1) is 11.5 Å². The Morgan fingerprint density at radius 3 is 2.64 bits per heavy atom. The molecule has 1 aromatic rings. The van der Waals surface area contributed by atoms with Crippen LogP contribution in [-0.4, -0.2) is 43.3 Å². The summed E-state index contributed by atoms with van der Waals surface area (Å²) in [4.78, 5) is 14.8. The summed E-state index contributed by atoms with van der Waals surface area (Å²) in [6, 6.07) is 5.07. The SMILES string of the molecule is CCCCN(C(=O)C(C)Cc1ccc(Cl)cc1Cl)C1CCS(=O)(=O)C1. The Morgan fingerprint density at radius 2 is 2.08 bits per heavy atom. The van der Waals surface area contributed by atoms with E-state index in [1.807, 2.05) is 13.0 Å². The van der Waals surface area contributed by atoms with Crippen molar-refractivity contribution < 1.29 is 13.2 Å². The van der Waals surface area contributed by atoms with Gasteiger partial charge in [0.2, 0.25) is 5.91 Å². The molecule has 25 heavy (non-hydrogen) atoms. The molecular formula is C18H25Cl2NO3S. The third-order valence-corrected chi connectivity index (χ3v) is 6.98. The Bertz CT molecular complexity index is 721. The van der Waals surface area contributed by atoms with Crippen LogP contribution in [0.25, 0.3) is 0 Å². The maximum Gasteiger partial charge on any atom is 0.226 e. The molecule has 1 saturated heterocycles. The summed E-state index contributed by atoms with van der Waals surface area (Å²) in [5.41, 5.74) is 0.876. The Balaban J connectivity index is 2.11. The van der Waals surface area contributed by atoms with E-state index in [0.717, 1.165) is 18.4 Å². The highest BCUT2D eigenvalue weighted by molar-refractivity contribution is 7.91. The van der Waals surface area contributed by atoms with E-state index in [-0.39, 0.29) is 29.4 Å². The van der Waals surface area contributed by atoms with Gasteiger partial charge in [0, 0.05) is 28.5 Å². The predicted octanol–water partition coefficient (Wildman–Crippen LogP) is 3.99. The molecule has 0 radical (unpaired) electrons. The summed E-state index contributed by atoms with van der Waals surface area (Å²) in [5, 5.41) is 1.11. The smallest absolute Gasteiger partial charge is 0.226 e. The zero-order chi connectivity index (χ0) is 18.6. The lowest BCUT2D eigenvalue weighted by Gasteiger charge is -2.31. The lowest BCUT2D eigenvalue weighted by atomic mass is 9.98. The fraction of sp³-hybridized carbons (Fsp3) is 0.611. The predicted molar refractivity (Wildman–Crippen MR) is 103 cm³/mol. The van der Waals surface area contributed by atoms with Gasteiger partial charge in [-0.2, -0.15) is 0 Å². The number of carbonyl (C=O) groups excluding carboxylic acids is 1. The highest BCUT2D eigenvalue weighted by Gasteiger charge is 2.35. The van der Waals surface area contributed by atoms with Gasteiger partial charge in [-0.1, -0.05) is 49.5 Å². The van der Waals surface area contributed by atoms with Crippen LogP contribution in [0.15, 0.2) is 18.2 Å². The van der Waals surface area contributed by atoms with E-state index in [0.29, 0.717) is 29.4 Å². The number of hydrogen-bond donors (Lipinski definition) is 0. The van der Waals surface area contributed by atoms with Crippen molar-refractivity contribution in [3.05, 3.63) is 33.8 Å². The van der Waals surface area contributed by atoms with Gasteiger partial charge in [-0.15, -0.1) is 0 Å². The molecule has 0 spiro atoms. The van der Waals surface area contributed by atoms with E-state index >= 15 is 0 Å². The second kappa shape index (κ2) is 8.74. The fourth-order valence-electron chi connectivity index (χ4n) is 3.21. The standard InChI is InChI=1S/C18H25Cl2NO3S/c1-3-4-8-21(16-7-9-25(23,24)12-16)18(22)13(2)10-14-5-6-15(19)11-17(14)20/h5-6,11,13,16H,3-4,7-10,12H2,1-2H3. The molecule has 0 N–H and O–H groups in total. The molecule has 0 aromatic heterocycles. The number of hydrogen-bond acceptors (Lipinski definition) is 3. The Morgan fingerprint density at radius 1 is 1.36 bits per heavy atom. The molecule has 1 amide bonds. The first-order valence-electron chi connectivity index (χ1n) is 8.68. The van der Waals surface area contributed by atoms with E-state index in [9.17, 15) is 13.2 Å². The number of rotatable bonds is 7. The zero-order valence-electron chi connectivity index (χ0n) is 14.7. The van der Waals surface area contributed by atoms with Gasteiger partial charge in [-0.25, -0.2) is 8.42 Å². The second-order valence-corrected chi connectivity index (χ2v) is 9.86. The number of sulfone groups is 1. The van der Waals surface area contributed by atoms with Gasteiger partial charge in [0.1, 0.15) is 0 Å². The van der Waals surface area contributed by atoms with Crippen LogP contribution in [0.5, 0.6) is 0 Å². The van der Waals surface area contributed by atoms with Crippen molar-refractivity contribution in [1.82, 2.24) is 4.90 Å². The maximum absolute atomic E-state index is 13.0. The van der Waals surface area contributed by atoms with Crippen molar-refractivity contribution in [2.24, 2.45) is 5.92 Å². The molecule has 1 aliphatic heterocycles. The molecule has 4 nitrogen and oxygen atoms in total. The number of nitrogens with zero attached hydrogens (tertiary/aromatic N) is 1. The molecule has 0 aliphatic carbocycles. The summed E-state index contributed by atoms with van der Waals surface area (Å²) in [6.07, 6.45) is 2.88. The minimum atomic E-state index is -3.02. The molecule has 2 unspecified atom stereocenters. The number of benzene rings is 1. The summed E-state index contributed by atoms with van der Waals surface area (Å²) in [6.45, 7) is 4.54. The maximum atomic E-state index is 13.0. The monoisotopic (exact) mass is 405 g/mol. The van der Waals surface area contributed by atoms with Crippen molar-refractivity contribution >= 4 is 38.9 Å². The van der Waals surface area contributed by atoms with E-state index in [4.69, 9.17) is 23.2 Å². The highest BCUT2D eigenvalue weighted by Crippen LogP contribution is 2.26. The van der Waals surface area contributed by atoms with Crippen LogP contribution in [0.3, 0.4) is 0 Å². The van der Waals surface area contributed by atoms with Crippen molar-refractivity contribution in [2.45, 2.75) is 45.6 Å². The van der Waals surface area contributed by atoms with Gasteiger partial charge in [0.25, 0.3) is 0 Å². The van der Waals surface area contributed by atoms with E-state index in [2.05, 4.69) is 6.92 Å². The van der Waals surface area contributed by atoms with Crippen molar-refractivity contribution in [3.8, 4) is 0 Å². The molecule has 140 valence electrons. The highest BCUT2D eigenvalue weighted by atomic mass is 35.5. The summed E-state index contributed by atoms with van der Waals surface area (Å²) in [7, 11) is -3.02. The summed E-state index contributed by atoms with van der Waals surface area (Å²) in [5.74, 6) is -0.0117. The molecule has 2 rings (SSSR count). The summed E-state index contributed by atoms with van der Waals surface area (Å²) >= 11 is 12.1. The molecule has 2 atom stereocenters. The van der Waals surface area contributed by atoms with Crippen LogP contribution in [0.2, 0.25) is 10.0 Å². The molecule has 0 bridgehead atoms. The van der Waals surface area contributed by atoms with Crippen LogP contribution < -0.4 is 0 Å². The van der Waals surface area contributed by atoms with Crippen LogP contribution in [0, 0.1) is 5.92 Å². The third kappa shape index (κ3) is 5.60. The fourth-order valence-corrected chi connectivity index (χ4v) is 5.43. The van der Waals surface area contributed by atoms with Gasteiger partial charge in [0.15, 0.2) is 9.84 Å². The van der Waals surface area contributed by atoms with Crippen molar-refractivity contribution in [1.29, 1.82) is 0 Å². The first-order chi connectivity index (χ1) is 11.7. The van der Waals surface area contributed by atoms with Crippen LogP contribution in [-0.2, 0) is 21.1 Å². The van der Waals surface area contributed by atoms with Gasteiger partial charge >= 0.3 is 0 Å². The average molecular weight is 406 g/mol. The Kier molecular flexibility index (Phi) is 7.18. The second-order valence-electron chi connectivity index (χ2n) is 6.78. The van der Waals surface area contributed by atoms with Gasteiger partial charge in [-0.05, 0) is 37.0 Å². The largest absolute Gasteiger partial charge is 0.338 e. The van der Waals surface area contributed by atoms with Crippen molar-refractivity contribution in [3.63, 3.8) is 0 Å². The molecule has 1 fully saturated rings. The lowest BCUT2D eigenvalue weighted by molar-refractivity contribution is -0.137. The first-order valence-corrected chi connectivity index (χ1v) is 11.3. The molecule has 1 heterocycles. The Hall–Kier alpha value is -0.780. The summed E-state index contributed by atoms with van der Waals surface area (Å²) < 4.78 is 23.6. The minimum Gasteiger partial charge on any atom is -0.338 e. The quantitative estimate of drug-likeness (QED) is 0.688. The van der Waals surface area contributed by atoms with Gasteiger partial charge < -0.3 is 4.90 Å². The van der Waals surface area contributed by atoms with Crippen molar-refractivity contribution in [2.75, 3.05) is 18.1 Å². The number of amides is 1. The number of unbranched alkanes of at least 4 members (excludes halogenated alkanes) is 1. The lowest BCUT2D eigenvalue weighted by Crippen LogP contribution is -2.44. The van der Waals surface area contributed by atoms with Crippen LogP contribution in [0.4, 0.5) is 0 Å². The zero-order valence-corrected chi connectivity index (χ0v) is 17.0. The van der Waals surface area contributed by atoms with E-state index in [1.165, 1.54) is 0 Å². The van der Waals surface area contributed by atoms with E-state index in [1.54, 1.807) is 17.0 Å². The first kappa shape index (κ1) is 20.5. The normalized spacial score (nSPS) is 20.4. The average Bonchev–Trinajstić information content (AvgIpc) is 2.90. The minimum absolute atomic E-state index is 0.00145. The van der Waals surface area contributed by atoms with Crippen LogP contribution in [0.1, 0.15) is 38.7 Å². The number of carbonyl (C=O) groups is 1. The molecular weight excluding hydrogens is 381 g/mol.